The highest BCUT2D eigenvalue weighted by Gasteiger charge is 2.27. The third kappa shape index (κ3) is 3.76. The van der Waals surface area contributed by atoms with Crippen LogP contribution in [0.1, 0.15) is 12.5 Å². The molecule has 1 saturated heterocycles. The van der Waals surface area contributed by atoms with Gasteiger partial charge in [0.05, 0.1) is 11.5 Å². The van der Waals surface area contributed by atoms with Crippen molar-refractivity contribution in [2.45, 2.75) is 6.92 Å². The highest BCUT2D eigenvalue weighted by molar-refractivity contribution is 8.18. The van der Waals surface area contributed by atoms with Gasteiger partial charge in [0, 0.05) is 31.7 Å². The van der Waals surface area contributed by atoms with Gasteiger partial charge in [0.15, 0.2) is 5.17 Å². The molecule has 5 nitrogen and oxygen atoms in total. The molecule has 0 bridgehead atoms. The van der Waals surface area contributed by atoms with Crippen molar-refractivity contribution in [1.82, 2.24) is 9.80 Å². The zero-order chi connectivity index (χ0) is 16.2. The summed E-state index contributed by atoms with van der Waals surface area (Å²) in [6.07, 6.45) is 1.88. The van der Waals surface area contributed by atoms with E-state index in [-0.39, 0.29) is 5.91 Å². The molecule has 2 aliphatic rings. The molecule has 3 rings (SSSR count). The maximum absolute atomic E-state index is 12.2. The molecule has 0 radical (unpaired) electrons. The first kappa shape index (κ1) is 16.1. The van der Waals surface area contributed by atoms with E-state index in [2.05, 4.69) is 21.8 Å². The third-order valence-electron chi connectivity index (χ3n) is 3.89. The van der Waals surface area contributed by atoms with Crippen molar-refractivity contribution in [2.75, 3.05) is 39.8 Å². The number of para-hydroxylation sites is 1. The van der Waals surface area contributed by atoms with Crippen molar-refractivity contribution in [2.24, 2.45) is 4.99 Å². The second kappa shape index (κ2) is 7.19. The van der Waals surface area contributed by atoms with Gasteiger partial charge in [-0.15, -0.1) is 0 Å². The van der Waals surface area contributed by atoms with E-state index in [1.54, 1.807) is 0 Å². The summed E-state index contributed by atoms with van der Waals surface area (Å²) in [5, 5.41) is 0.822. The van der Waals surface area contributed by atoms with E-state index >= 15 is 0 Å². The Morgan fingerprint density at radius 1 is 1.26 bits per heavy atom. The summed E-state index contributed by atoms with van der Waals surface area (Å²) in [5.41, 5.74) is 0.917. The molecule has 1 amide bonds. The molecule has 2 aliphatic heterocycles. The third-order valence-corrected chi connectivity index (χ3v) is 4.93. The molecule has 0 spiro atoms. The van der Waals surface area contributed by atoms with E-state index in [1.165, 1.54) is 11.8 Å². The summed E-state index contributed by atoms with van der Waals surface area (Å²) < 4.78 is 5.62. The van der Waals surface area contributed by atoms with Crippen LogP contribution >= 0.6 is 11.8 Å². The Bertz CT molecular complexity index is 649. The van der Waals surface area contributed by atoms with Crippen LogP contribution in [0.25, 0.3) is 6.08 Å². The van der Waals surface area contributed by atoms with Crippen LogP contribution in [-0.2, 0) is 4.79 Å². The number of carbonyl (C=O) groups excluding carboxylic acids is 1. The summed E-state index contributed by atoms with van der Waals surface area (Å²) in [6, 6.07) is 7.76. The molecule has 0 aliphatic carbocycles. The molecule has 122 valence electrons. The summed E-state index contributed by atoms with van der Waals surface area (Å²) in [5.74, 6) is 0.638. The fourth-order valence-corrected chi connectivity index (χ4v) is 3.51. The normalized spacial score (nSPS) is 21.0. The quantitative estimate of drug-likeness (QED) is 0.795. The van der Waals surface area contributed by atoms with Crippen LogP contribution in [0.15, 0.2) is 34.2 Å². The Labute approximate surface area is 141 Å². The van der Waals surface area contributed by atoms with Crippen LogP contribution < -0.4 is 4.74 Å². The van der Waals surface area contributed by atoms with Crippen molar-refractivity contribution in [3.8, 4) is 5.75 Å². The molecular weight excluding hydrogens is 310 g/mol. The molecule has 0 aromatic heterocycles. The number of thioether (sulfide) groups is 1. The number of amides is 1. The van der Waals surface area contributed by atoms with Gasteiger partial charge >= 0.3 is 0 Å². The minimum atomic E-state index is -0.157. The lowest BCUT2D eigenvalue weighted by Gasteiger charge is -2.32. The van der Waals surface area contributed by atoms with E-state index < -0.39 is 0 Å². The van der Waals surface area contributed by atoms with Crippen LogP contribution in [0.3, 0.4) is 0 Å². The van der Waals surface area contributed by atoms with Gasteiger partial charge in [-0.1, -0.05) is 18.2 Å². The fraction of sp³-hybridized carbons (Fsp3) is 0.412. The molecule has 23 heavy (non-hydrogen) atoms. The predicted octanol–water partition coefficient (Wildman–Crippen LogP) is 2.30. The van der Waals surface area contributed by atoms with Gasteiger partial charge < -0.3 is 14.5 Å². The molecule has 1 aromatic carbocycles. The maximum atomic E-state index is 12.2. The minimum Gasteiger partial charge on any atom is -0.493 e. The first-order valence-electron chi connectivity index (χ1n) is 7.85. The summed E-state index contributed by atoms with van der Waals surface area (Å²) in [7, 11) is 2.11. The molecule has 2 heterocycles. The number of carbonyl (C=O) groups is 1. The molecular formula is C17H21N3O2S. The van der Waals surface area contributed by atoms with Gasteiger partial charge in [0.1, 0.15) is 5.75 Å². The highest BCUT2D eigenvalue weighted by Crippen LogP contribution is 2.32. The molecule has 0 saturated carbocycles. The number of aliphatic imine (C=N–C) groups is 1. The second-order valence-corrected chi connectivity index (χ2v) is 6.58. The average Bonchev–Trinajstić information content (AvgIpc) is 2.91. The van der Waals surface area contributed by atoms with Gasteiger partial charge in [-0.25, -0.2) is 0 Å². The minimum absolute atomic E-state index is 0.157. The van der Waals surface area contributed by atoms with Crippen LogP contribution in [0.5, 0.6) is 5.75 Å². The number of piperazine rings is 1. The number of nitrogens with zero attached hydrogens (tertiary/aromatic N) is 3. The molecule has 1 aromatic rings. The van der Waals surface area contributed by atoms with Crippen molar-refractivity contribution in [1.29, 1.82) is 0 Å². The van der Waals surface area contributed by atoms with Crippen LogP contribution in [-0.4, -0.2) is 60.7 Å². The number of amidine groups is 1. The topological polar surface area (TPSA) is 45.1 Å². The van der Waals surface area contributed by atoms with Gasteiger partial charge in [0.2, 0.25) is 0 Å². The Hall–Kier alpha value is -1.79. The number of rotatable bonds is 3. The average molecular weight is 331 g/mol. The lowest BCUT2D eigenvalue weighted by atomic mass is 10.2. The molecule has 0 atom stereocenters. The Morgan fingerprint density at radius 3 is 2.74 bits per heavy atom. The molecule has 1 fully saturated rings. The highest BCUT2D eigenvalue weighted by atomic mass is 32.2. The molecule has 0 N–H and O–H groups in total. The van der Waals surface area contributed by atoms with Crippen LogP contribution in [0.2, 0.25) is 0 Å². The maximum Gasteiger partial charge on any atom is 0.286 e. The lowest BCUT2D eigenvalue weighted by Crippen LogP contribution is -2.46. The van der Waals surface area contributed by atoms with E-state index in [9.17, 15) is 4.79 Å². The van der Waals surface area contributed by atoms with E-state index in [0.29, 0.717) is 11.5 Å². The first-order valence-corrected chi connectivity index (χ1v) is 8.67. The number of hydrogen-bond donors (Lipinski definition) is 0. The Kier molecular flexibility index (Phi) is 5.03. The van der Waals surface area contributed by atoms with E-state index in [1.807, 2.05) is 37.3 Å². The van der Waals surface area contributed by atoms with Crippen LogP contribution in [0.4, 0.5) is 0 Å². The number of ether oxygens (including phenoxy) is 1. The van der Waals surface area contributed by atoms with Gasteiger partial charge in [-0.3, -0.25) is 4.79 Å². The zero-order valence-electron chi connectivity index (χ0n) is 13.5. The van der Waals surface area contributed by atoms with Crippen molar-refractivity contribution in [3.63, 3.8) is 0 Å². The van der Waals surface area contributed by atoms with Crippen LogP contribution in [0, 0.1) is 0 Å². The summed E-state index contributed by atoms with van der Waals surface area (Å²) in [4.78, 5) is 21.6. The molecule has 0 unspecified atom stereocenters. The van der Waals surface area contributed by atoms with Gasteiger partial charge in [0.25, 0.3) is 5.91 Å². The van der Waals surface area contributed by atoms with Crippen molar-refractivity contribution >= 4 is 28.9 Å². The van der Waals surface area contributed by atoms with Crippen molar-refractivity contribution in [3.05, 3.63) is 34.7 Å². The number of likely N-dealkylation sites (N-methyl/N-ethyl adjacent to an activating group) is 1. The summed E-state index contributed by atoms with van der Waals surface area (Å²) >= 11 is 1.46. The fourth-order valence-electron chi connectivity index (χ4n) is 2.56. The Balaban J connectivity index is 1.75. The van der Waals surface area contributed by atoms with Crippen molar-refractivity contribution < 1.29 is 9.53 Å². The first-order chi connectivity index (χ1) is 11.2. The number of benzene rings is 1. The molecule has 6 heteroatoms. The number of hydrogen-bond acceptors (Lipinski definition) is 5. The van der Waals surface area contributed by atoms with Gasteiger partial charge in [-0.05, 0) is 37.9 Å². The predicted molar refractivity (Wildman–Crippen MR) is 94.7 cm³/mol. The van der Waals surface area contributed by atoms with Gasteiger partial charge in [-0.2, -0.15) is 4.99 Å². The van der Waals surface area contributed by atoms with E-state index in [4.69, 9.17) is 4.74 Å². The zero-order valence-corrected chi connectivity index (χ0v) is 14.3. The summed E-state index contributed by atoms with van der Waals surface area (Å²) in [6.45, 7) is 6.38. The van der Waals surface area contributed by atoms with E-state index in [0.717, 1.165) is 42.7 Å². The lowest BCUT2D eigenvalue weighted by molar-refractivity contribution is -0.113. The Morgan fingerprint density at radius 2 is 2.00 bits per heavy atom. The second-order valence-electron chi connectivity index (χ2n) is 5.57. The largest absolute Gasteiger partial charge is 0.493 e. The standard InChI is InChI=1S/C17H21N3O2S/c1-3-22-14-7-5-4-6-13(14)12-15-16(21)18-17(23-15)20-10-8-19(2)9-11-20/h4-7,12H,3,8-11H2,1-2H3. The smallest absolute Gasteiger partial charge is 0.286 e. The SMILES string of the molecule is CCOc1ccccc1C=C1SC(N2CCN(C)CC2)=NC1=O. The monoisotopic (exact) mass is 331 g/mol.